The Balaban J connectivity index is 1.83. The first-order valence-corrected chi connectivity index (χ1v) is 7.01. The Kier molecular flexibility index (Phi) is 5.35. The van der Waals surface area contributed by atoms with Gasteiger partial charge in [-0.15, -0.1) is 0 Å². The molecule has 0 aliphatic carbocycles. The third kappa shape index (κ3) is 3.93. The first kappa shape index (κ1) is 14.8. The van der Waals surface area contributed by atoms with Crippen molar-refractivity contribution in [3.05, 3.63) is 30.1 Å². The second kappa shape index (κ2) is 7.24. The number of para-hydroxylation sites is 1. The van der Waals surface area contributed by atoms with Gasteiger partial charge < -0.3 is 14.8 Å². The molecule has 0 radical (unpaired) electrons. The number of halogens is 1. The maximum atomic E-state index is 13.5. The van der Waals surface area contributed by atoms with Crippen molar-refractivity contribution < 1.29 is 18.7 Å². The highest BCUT2D eigenvalue weighted by atomic mass is 19.1. The van der Waals surface area contributed by atoms with E-state index in [9.17, 15) is 9.18 Å². The summed E-state index contributed by atoms with van der Waals surface area (Å²) in [6.45, 7) is 2.92. The predicted molar refractivity (Wildman–Crippen MR) is 73.1 cm³/mol. The number of carbonyl (C=O) groups is 1. The first-order valence-electron chi connectivity index (χ1n) is 7.01. The molecular weight excluding hydrogens is 261 g/mol. The van der Waals surface area contributed by atoms with Crippen LogP contribution in [0.2, 0.25) is 0 Å². The molecule has 4 nitrogen and oxygen atoms in total. The van der Waals surface area contributed by atoms with Gasteiger partial charge in [0.2, 0.25) is 5.91 Å². The van der Waals surface area contributed by atoms with Gasteiger partial charge in [0.05, 0.1) is 6.54 Å². The van der Waals surface area contributed by atoms with Gasteiger partial charge in [-0.2, -0.15) is 0 Å². The summed E-state index contributed by atoms with van der Waals surface area (Å²) in [4.78, 5) is 11.8. The van der Waals surface area contributed by atoms with Crippen LogP contribution in [-0.2, 0) is 9.53 Å². The van der Waals surface area contributed by atoms with E-state index in [1.807, 2.05) is 6.92 Å². The van der Waals surface area contributed by atoms with Crippen LogP contribution >= 0.6 is 0 Å². The van der Waals surface area contributed by atoms with Crippen molar-refractivity contribution in [2.45, 2.75) is 38.4 Å². The van der Waals surface area contributed by atoms with Crippen molar-refractivity contribution in [2.24, 2.45) is 0 Å². The lowest BCUT2D eigenvalue weighted by Gasteiger charge is -2.19. The Labute approximate surface area is 118 Å². The molecule has 0 bridgehead atoms. The van der Waals surface area contributed by atoms with Gasteiger partial charge in [0.15, 0.2) is 11.6 Å². The van der Waals surface area contributed by atoms with Crippen LogP contribution in [0.25, 0.3) is 0 Å². The van der Waals surface area contributed by atoms with Gasteiger partial charge >= 0.3 is 0 Å². The smallest absolute Gasteiger partial charge is 0.249 e. The summed E-state index contributed by atoms with van der Waals surface area (Å²) < 4.78 is 24.4. The van der Waals surface area contributed by atoms with E-state index in [1.165, 1.54) is 6.07 Å². The zero-order chi connectivity index (χ0) is 14.4. The summed E-state index contributed by atoms with van der Waals surface area (Å²) in [6.07, 6.45) is 1.76. The van der Waals surface area contributed by atoms with Gasteiger partial charge in [0.1, 0.15) is 12.2 Å². The fourth-order valence-electron chi connectivity index (χ4n) is 2.10. The number of carbonyl (C=O) groups excluding carboxylic acids is 1. The van der Waals surface area contributed by atoms with E-state index in [0.29, 0.717) is 19.6 Å². The van der Waals surface area contributed by atoms with E-state index in [-0.39, 0.29) is 23.9 Å². The minimum atomic E-state index is -0.392. The van der Waals surface area contributed by atoms with Gasteiger partial charge in [0, 0.05) is 6.61 Å². The molecule has 20 heavy (non-hydrogen) atoms. The molecule has 1 amide bonds. The van der Waals surface area contributed by atoms with Crippen LogP contribution in [0.3, 0.4) is 0 Å². The number of benzene rings is 1. The van der Waals surface area contributed by atoms with E-state index in [2.05, 4.69) is 5.32 Å². The minimum Gasteiger partial charge on any atom is -0.486 e. The van der Waals surface area contributed by atoms with Crippen molar-refractivity contribution in [2.75, 3.05) is 13.2 Å². The summed E-state index contributed by atoms with van der Waals surface area (Å²) in [5.74, 6) is -0.291. The molecule has 1 fully saturated rings. The Morgan fingerprint density at radius 3 is 3.00 bits per heavy atom. The number of ether oxygens (including phenoxy) is 2. The lowest BCUT2D eigenvalue weighted by atomic mass is 10.2. The summed E-state index contributed by atoms with van der Waals surface area (Å²) in [5.41, 5.74) is 0. The van der Waals surface area contributed by atoms with Gasteiger partial charge in [-0.1, -0.05) is 19.1 Å². The normalized spacial score (nSPS) is 19.6. The molecule has 0 saturated carbocycles. The van der Waals surface area contributed by atoms with Crippen LogP contribution in [0.15, 0.2) is 24.3 Å². The maximum absolute atomic E-state index is 13.5. The average Bonchev–Trinajstić information content (AvgIpc) is 2.99. The highest BCUT2D eigenvalue weighted by molar-refractivity contribution is 5.80. The van der Waals surface area contributed by atoms with E-state index in [0.717, 1.165) is 12.8 Å². The van der Waals surface area contributed by atoms with Crippen LogP contribution in [-0.4, -0.2) is 31.3 Å². The van der Waals surface area contributed by atoms with Crippen LogP contribution in [0.1, 0.15) is 26.2 Å². The van der Waals surface area contributed by atoms with Gasteiger partial charge in [-0.3, -0.25) is 4.79 Å². The Hall–Kier alpha value is -1.62. The number of amides is 1. The van der Waals surface area contributed by atoms with Gasteiger partial charge in [0.25, 0.3) is 0 Å². The third-order valence-corrected chi connectivity index (χ3v) is 3.31. The quantitative estimate of drug-likeness (QED) is 0.870. The van der Waals surface area contributed by atoms with Crippen LogP contribution < -0.4 is 10.1 Å². The largest absolute Gasteiger partial charge is 0.486 e. The summed E-state index contributed by atoms with van der Waals surface area (Å²) in [7, 11) is 0. The van der Waals surface area contributed by atoms with Crippen molar-refractivity contribution in [3.8, 4) is 5.75 Å². The van der Waals surface area contributed by atoms with E-state index >= 15 is 0 Å². The molecule has 110 valence electrons. The van der Waals surface area contributed by atoms with Gasteiger partial charge in [-0.25, -0.2) is 4.39 Å². The van der Waals surface area contributed by atoms with Crippen molar-refractivity contribution in [1.82, 2.24) is 5.32 Å². The molecule has 1 saturated heterocycles. The molecule has 2 atom stereocenters. The molecule has 1 aliphatic rings. The van der Waals surface area contributed by atoms with Crippen molar-refractivity contribution >= 4 is 5.91 Å². The van der Waals surface area contributed by atoms with E-state index in [1.54, 1.807) is 18.2 Å². The highest BCUT2D eigenvalue weighted by Gasteiger charge is 2.24. The maximum Gasteiger partial charge on any atom is 0.249 e. The second-order valence-electron chi connectivity index (χ2n) is 4.83. The SMILES string of the molecule is CC[C@H](CNC(=O)[C@H]1CCCO1)Oc1ccccc1F. The summed E-state index contributed by atoms with van der Waals surface area (Å²) >= 11 is 0. The molecule has 0 aromatic heterocycles. The molecule has 1 heterocycles. The molecule has 2 rings (SSSR count). The number of hydrogen-bond acceptors (Lipinski definition) is 3. The molecule has 0 spiro atoms. The lowest BCUT2D eigenvalue weighted by molar-refractivity contribution is -0.130. The molecule has 1 aromatic rings. The van der Waals surface area contributed by atoms with Crippen LogP contribution in [0, 0.1) is 5.82 Å². The molecule has 1 N–H and O–H groups in total. The van der Waals surface area contributed by atoms with Crippen LogP contribution in [0.5, 0.6) is 5.75 Å². The lowest BCUT2D eigenvalue weighted by Crippen LogP contribution is -2.40. The molecule has 1 aromatic carbocycles. The average molecular weight is 281 g/mol. The monoisotopic (exact) mass is 281 g/mol. The predicted octanol–water partition coefficient (Wildman–Crippen LogP) is 2.28. The third-order valence-electron chi connectivity index (χ3n) is 3.31. The molecule has 1 aliphatic heterocycles. The van der Waals surface area contributed by atoms with Crippen LogP contribution in [0.4, 0.5) is 4.39 Å². The second-order valence-corrected chi connectivity index (χ2v) is 4.83. The standard InChI is InChI=1S/C15H20FNO3/c1-2-11(20-13-7-4-3-6-12(13)16)10-17-15(18)14-8-5-9-19-14/h3-4,6-7,11,14H,2,5,8-10H2,1H3,(H,17,18)/t11-,14-/m1/s1. The fourth-order valence-corrected chi connectivity index (χ4v) is 2.10. The van der Waals surface area contributed by atoms with E-state index in [4.69, 9.17) is 9.47 Å². The Morgan fingerprint density at radius 1 is 1.55 bits per heavy atom. The topological polar surface area (TPSA) is 47.6 Å². The number of hydrogen-bond donors (Lipinski definition) is 1. The molecule has 5 heteroatoms. The molecular formula is C15H20FNO3. The van der Waals surface area contributed by atoms with Gasteiger partial charge in [-0.05, 0) is 31.4 Å². The van der Waals surface area contributed by atoms with Crippen molar-refractivity contribution in [3.63, 3.8) is 0 Å². The summed E-state index contributed by atoms with van der Waals surface area (Å²) in [5, 5.41) is 2.80. The number of nitrogens with one attached hydrogen (secondary N) is 1. The minimum absolute atomic E-state index is 0.113. The zero-order valence-electron chi connectivity index (χ0n) is 11.6. The van der Waals surface area contributed by atoms with E-state index < -0.39 is 5.82 Å². The van der Waals surface area contributed by atoms with Crippen molar-refractivity contribution in [1.29, 1.82) is 0 Å². The first-order chi connectivity index (χ1) is 9.70. The number of rotatable bonds is 6. The summed E-state index contributed by atoms with van der Waals surface area (Å²) in [6, 6.07) is 6.27. The Morgan fingerprint density at radius 2 is 2.35 bits per heavy atom. The molecule has 0 unspecified atom stereocenters. The Bertz CT molecular complexity index is 446. The fraction of sp³-hybridized carbons (Fsp3) is 0.533. The zero-order valence-corrected chi connectivity index (χ0v) is 11.6. The highest BCUT2D eigenvalue weighted by Crippen LogP contribution is 2.18.